The predicted molar refractivity (Wildman–Crippen MR) is 62.1 cm³/mol. The van der Waals surface area contributed by atoms with Crippen LogP contribution in [0.15, 0.2) is 24.4 Å². The van der Waals surface area contributed by atoms with Gasteiger partial charge in [0, 0.05) is 0 Å². The largest absolute Gasteiger partial charge is 0.396 e. The molecule has 90 valence electrons. The van der Waals surface area contributed by atoms with Gasteiger partial charge >= 0.3 is 0 Å². The number of rotatable bonds is 2. The van der Waals surface area contributed by atoms with Crippen molar-refractivity contribution in [1.82, 2.24) is 10.2 Å². The standard InChI is InChI=1S/C11H8FN5O/c12-7-3-6(4-13)1-2-9(7)16-11(18)10-8(14)5-15-17-10/h1-3,5H,14H2,(H,15,17)(H,16,18). The highest BCUT2D eigenvalue weighted by molar-refractivity contribution is 6.06. The number of aromatic nitrogens is 2. The van der Waals surface area contributed by atoms with E-state index >= 15 is 0 Å². The van der Waals surface area contributed by atoms with Crippen LogP contribution in [0.5, 0.6) is 0 Å². The van der Waals surface area contributed by atoms with Crippen molar-refractivity contribution in [3.63, 3.8) is 0 Å². The maximum absolute atomic E-state index is 13.5. The molecule has 2 rings (SSSR count). The molecule has 0 radical (unpaired) electrons. The molecule has 4 N–H and O–H groups in total. The van der Waals surface area contributed by atoms with Crippen LogP contribution in [0, 0.1) is 17.1 Å². The van der Waals surface area contributed by atoms with Crippen molar-refractivity contribution < 1.29 is 9.18 Å². The highest BCUT2D eigenvalue weighted by atomic mass is 19.1. The van der Waals surface area contributed by atoms with Crippen LogP contribution < -0.4 is 11.1 Å². The number of nitrogen functional groups attached to an aromatic ring is 1. The van der Waals surface area contributed by atoms with E-state index < -0.39 is 11.7 Å². The van der Waals surface area contributed by atoms with Crippen molar-refractivity contribution in [2.24, 2.45) is 0 Å². The first kappa shape index (κ1) is 11.6. The molecule has 1 heterocycles. The Morgan fingerprint density at radius 3 is 2.89 bits per heavy atom. The van der Waals surface area contributed by atoms with Crippen molar-refractivity contribution >= 4 is 17.3 Å². The first-order chi connectivity index (χ1) is 8.61. The summed E-state index contributed by atoms with van der Waals surface area (Å²) in [7, 11) is 0. The van der Waals surface area contributed by atoms with Gasteiger partial charge in [-0.1, -0.05) is 0 Å². The van der Waals surface area contributed by atoms with Gasteiger partial charge < -0.3 is 11.1 Å². The molecule has 0 unspecified atom stereocenters. The second-order valence-corrected chi connectivity index (χ2v) is 3.46. The molecule has 18 heavy (non-hydrogen) atoms. The third-order valence-corrected chi connectivity index (χ3v) is 2.24. The molecule has 0 aliphatic heterocycles. The zero-order valence-corrected chi connectivity index (χ0v) is 9.07. The van der Waals surface area contributed by atoms with Crippen molar-refractivity contribution in [1.29, 1.82) is 5.26 Å². The minimum absolute atomic E-state index is 0.0343. The number of benzene rings is 1. The predicted octanol–water partition coefficient (Wildman–Crippen LogP) is 1.25. The monoisotopic (exact) mass is 245 g/mol. The van der Waals surface area contributed by atoms with Gasteiger partial charge in [-0.3, -0.25) is 9.89 Å². The molecule has 0 bridgehead atoms. The Labute approximate surface area is 101 Å². The molecule has 0 spiro atoms. The molecule has 1 aromatic carbocycles. The number of nitrogens with zero attached hydrogens (tertiary/aromatic N) is 2. The zero-order valence-electron chi connectivity index (χ0n) is 9.07. The fourth-order valence-corrected chi connectivity index (χ4v) is 1.35. The Morgan fingerprint density at radius 1 is 1.56 bits per heavy atom. The average Bonchev–Trinajstić information content (AvgIpc) is 2.78. The topological polar surface area (TPSA) is 108 Å². The van der Waals surface area contributed by atoms with Crippen LogP contribution in [0.25, 0.3) is 0 Å². The average molecular weight is 245 g/mol. The summed E-state index contributed by atoms with van der Waals surface area (Å²) >= 11 is 0. The molecular weight excluding hydrogens is 237 g/mol. The molecule has 0 saturated heterocycles. The molecule has 2 aromatic rings. The quantitative estimate of drug-likeness (QED) is 0.739. The number of amides is 1. The number of carbonyl (C=O) groups excluding carboxylic acids is 1. The first-order valence-electron chi connectivity index (χ1n) is 4.91. The van der Waals surface area contributed by atoms with Crippen molar-refractivity contribution in [2.75, 3.05) is 11.1 Å². The van der Waals surface area contributed by atoms with Gasteiger partial charge in [-0.05, 0) is 18.2 Å². The summed E-state index contributed by atoms with van der Waals surface area (Å²) < 4.78 is 13.5. The summed E-state index contributed by atoms with van der Waals surface area (Å²) in [4.78, 5) is 11.7. The highest BCUT2D eigenvalue weighted by Crippen LogP contribution is 2.17. The fraction of sp³-hybridized carbons (Fsp3) is 0. The smallest absolute Gasteiger partial charge is 0.275 e. The third kappa shape index (κ3) is 2.12. The van der Waals surface area contributed by atoms with E-state index in [9.17, 15) is 9.18 Å². The second-order valence-electron chi connectivity index (χ2n) is 3.46. The Hall–Kier alpha value is -2.88. The summed E-state index contributed by atoms with van der Waals surface area (Å²) in [6, 6.07) is 5.53. The number of carbonyl (C=O) groups is 1. The maximum atomic E-state index is 13.5. The van der Waals surface area contributed by atoms with E-state index in [4.69, 9.17) is 11.0 Å². The van der Waals surface area contributed by atoms with Gasteiger partial charge in [0.05, 0.1) is 29.2 Å². The second kappa shape index (κ2) is 4.55. The molecule has 0 atom stereocenters. The van der Waals surface area contributed by atoms with Crippen LogP contribution in [0.2, 0.25) is 0 Å². The zero-order chi connectivity index (χ0) is 13.1. The normalized spacial score (nSPS) is 9.78. The number of H-pyrrole nitrogens is 1. The van der Waals surface area contributed by atoms with Crippen molar-refractivity contribution in [2.45, 2.75) is 0 Å². The maximum Gasteiger partial charge on any atom is 0.275 e. The summed E-state index contributed by atoms with van der Waals surface area (Å²) in [5, 5.41) is 16.9. The summed E-state index contributed by atoms with van der Waals surface area (Å²) in [6.07, 6.45) is 1.28. The van der Waals surface area contributed by atoms with Crippen LogP contribution in [0.3, 0.4) is 0 Å². The lowest BCUT2D eigenvalue weighted by molar-refractivity contribution is 0.102. The van der Waals surface area contributed by atoms with E-state index in [-0.39, 0.29) is 22.6 Å². The number of hydrogen-bond donors (Lipinski definition) is 3. The number of nitrogens with one attached hydrogen (secondary N) is 2. The molecule has 1 amide bonds. The Kier molecular flexibility index (Phi) is 2.93. The lowest BCUT2D eigenvalue weighted by Gasteiger charge is -2.05. The van der Waals surface area contributed by atoms with Crippen LogP contribution in [0.4, 0.5) is 15.8 Å². The SMILES string of the molecule is N#Cc1ccc(NC(=O)c2[nH]ncc2N)c(F)c1. The molecular formula is C11H8FN5O. The van der Waals surface area contributed by atoms with Crippen LogP contribution in [-0.2, 0) is 0 Å². The van der Waals surface area contributed by atoms with Gasteiger partial charge in [-0.25, -0.2) is 4.39 Å². The van der Waals surface area contributed by atoms with Crippen LogP contribution >= 0.6 is 0 Å². The number of halogens is 1. The molecule has 0 saturated carbocycles. The van der Waals surface area contributed by atoms with Crippen LogP contribution in [0.1, 0.15) is 16.1 Å². The minimum atomic E-state index is -0.694. The Morgan fingerprint density at radius 2 is 2.33 bits per heavy atom. The van der Waals surface area contributed by atoms with E-state index in [1.54, 1.807) is 6.07 Å². The van der Waals surface area contributed by atoms with E-state index in [0.29, 0.717) is 0 Å². The highest BCUT2D eigenvalue weighted by Gasteiger charge is 2.14. The van der Waals surface area contributed by atoms with E-state index in [2.05, 4.69) is 15.5 Å². The number of anilines is 2. The van der Waals surface area contributed by atoms with Crippen LogP contribution in [-0.4, -0.2) is 16.1 Å². The summed E-state index contributed by atoms with van der Waals surface area (Å²) in [6.45, 7) is 0. The molecule has 0 aliphatic carbocycles. The Balaban J connectivity index is 2.23. The summed E-state index contributed by atoms with van der Waals surface area (Å²) in [5.74, 6) is -1.30. The van der Waals surface area contributed by atoms with Gasteiger partial charge in [-0.2, -0.15) is 10.4 Å². The van der Waals surface area contributed by atoms with Crippen molar-refractivity contribution in [3.8, 4) is 6.07 Å². The lowest BCUT2D eigenvalue weighted by atomic mass is 10.2. The van der Waals surface area contributed by atoms with Gasteiger partial charge in [0.25, 0.3) is 5.91 Å². The molecule has 1 aromatic heterocycles. The molecule has 7 heteroatoms. The number of aromatic amines is 1. The molecule has 0 aliphatic rings. The first-order valence-corrected chi connectivity index (χ1v) is 4.91. The Bertz CT molecular complexity index is 643. The summed E-state index contributed by atoms with van der Waals surface area (Å²) in [5.41, 5.74) is 5.85. The van der Waals surface area contributed by atoms with E-state index in [1.165, 1.54) is 18.3 Å². The number of hydrogen-bond acceptors (Lipinski definition) is 4. The lowest BCUT2D eigenvalue weighted by Crippen LogP contribution is -2.15. The van der Waals surface area contributed by atoms with Gasteiger partial charge in [0.15, 0.2) is 0 Å². The molecule has 6 nitrogen and oxygen atoms in total. The molecule has 0 fully saturated rings. The van der Waals surface area contributed by atoms with E-state index in [1.807, 2.05) is 0 Å². The number of nitriles is 1. The third-order valence-electron chi connectivity index (χ3n) is 2.24. The van der Waals surface area contributed by atoms with Crippen molar-refractivity contribution in [3.05, 3.63) is 41.5 Å². The van der Waals surface area contributed by atoms with Gasteiger partial charge in [0.2, 0.25) is 0 Å². The number of nitrogens with two attached hydrogens (primary N) is 1. The van der Waals surface area contributed by atoms with Gasteiger partial charge in [0.1, 0.15) is 11.5 Å². The minimum Gasteiger partial charge on any atom is -0.396 e. The fourth-order valence-electron chi connectivity index (χ4n) is 1.35. The van der Waals surface area contributed by atoms with E-state index in [0.717, 1.165) is 6.07 Å². The van der Waals surface area contributed by atoms with Gasteiger partial charge in [-0.15, -0.1) is 0 Å².